The van der Waals surface area contributed by atoms with E-state index in [9.17, 15) is 25.7 Å². The zero-order valence-electron chi connectivity index (χ0n) is 16.3. The number of ether oxygens (including phenoxy) is 1. The molecule has 1 aromatic carbocycles. The van der Waals surface area contributed by atoms with Crippen LogP contribution in [0.1, 0.15) is 17.2 Å². The topological polar surface area (TPSA) is 139 Å². The number of nitrogens with zero attached hydrogens (tertiary/aromatic N) is 1. The lowest BCUT2D eigenvalue weighted by Gasteiger charge is -2.40. The van der Waals surface area contributed by atoms with Crippen molar-refractivity contribution in [2.75, 3.05) is 6.61 Å². The number of thioether (sulfide) groups is 1. The Morgan fingerprint density at radius 2 is 1.81 bits per heavy atom. The highest BCUT2D eigenvalue weighted by Crippen LogP contribution is 2.41. The molecule has 8 nitrogen and oxygen atoms in total. The Bertz CT molecular complexity index is 999. The number of aliphatic hydroxyl groups is 4. The number of dihydropyridines is 1. The minimum atomic E-state index is -1.50. The summed E-state index contributed by atoms with van der Waals surface area (Å²) in [5.74, 6) is 0.113. The molecule has 0 bridgehead atoms. The summed E-state index contributed by atoms with van der Waals surface area (Å²) in [6.07, 6.45) is -1.98. The summed E-state index contributed by atoms with van der Waals surface area (Å²) in [7, 11) is 0. The molecule has 5 N–H and O–H groups in total. The molecule has 1 fully saturated rings. The molecule has 0 aliphatic carbocycles. The van der Waals surface area contributed by atoms with Crippen LogP contribution >= 0.6 is 11.8 Å². The maximum atomic E-state index is 10.4. The van der Waals surface area contributed by atoms with Gasteiger partial charge in [0.05, 0.1) is 35.5 Å². The predicted molar refractivity (Wildman–Crippen MR) is 113 cm³/mol. The summed E-state index contributed by atoms with van der Waals surface area (Å²) in [5, 5.41) is 53.6. The summed E-state index contributed by atoms with van der Waals surface area (Å²) in [6.45, 7) is -0.524. The van der Waals surface area contributed by atoms with Crippen LogP contribution in [-0.4, -0.2) is 56.9 Å². The van der Waals surface area contributed by atoms with Crippen molar-refractivity contribution in [3.8, 4) is 6.07 Å². The summed E-state index contributed by atoms with van der Waals surface area (Å²) in [4.78, 5) is 0. The van der Waals surface area contributed by atoms with Crippen molar-refractivity contribution in [3.63, 3.8) is 0 Å². The number of nitrogens with one attached hydrogen (secondary N) is 1. The normalized spacial score (nSPS) is 31.0. The number of nitriles is 1. The molecule has 2 aromatic rings. The minimum Gasteiger partial charge on any atom is -0.468 e. The van der Waals surface area contributed by atoms with Crippen LogP contribution in [0.4, 0.5) is 0 Å². The Kier molecular flexibility index (Phi) is 6.48. The first kappa shape index (κ1) is 21.6. The summed E-state index contributed by atoms with van der Waals surface area (Å²) in [6, 6.07) is 15.3. The standard InChI is InChI=1S/C22H22N2O6S/c23-10-14-13(16-7-4-8-29-16)9-15(12-5-2-1-3-6-12)24-21(14)31-22-20(28)19(27)18(26)17(11-25)30-22/h1-9,13,17-20,22,24-28H,11H2/t13?,17-,18-,19+,20-,22+/m1/s1. The Balaban J connectivity index is 1.70. The van der Waals surface area contributed by atoms with Gasteiger partial charge in [0.1, 0.15) is 35.6 Å². The largest absolute Gasteiger partial charge is 0.468 e. The van der Waals surface area contributed by atoms with Gasteiger partial charge in [-0.1, -0.05) is 42.1 Å². The van der Waals surface area contributed by atoms with Crippen molar-refractivity contribution in [2.45, 2.75) is 35.8 Å². The fraction of sp³-hybridized carbons (Fsp3) is 0.318. The van der Waals surface area contributed by atoms with Crippen molar-refractivity contribution in [1.82, 2.24) is 5.32 Å². The number of allylic oxidation sites excluding steroid dienone is 2. The van der Waals surface area contributed by atoms with Crippen molar-refractivity contribution in [2.24, 2.45) is 0 Å². The van der Waals surface area contributed by atoms with E-state index in [2.05, 4.69) is 11.4 Å². The lowest BCUT2D eigenvalue weighted by molar-refractivity contribution is -0.205. The highest BCUT2D eigenvalue weighted by Gasteiger charge is 2.44. The molecule has 2 aliphatic rings. The van der Waals surface area contributed by atoms with E-state index in [1.54, 1.807) is 12.1 Å². The van der Waals surface area contributed by atoms with Gasteiger partial charge < -0.3 is 34.9 Å². The first-order valence-corrected chi connectivity index (χ1v) is 10.6. The third-order valence-corrected chi connectivity index (χ3v) is 6.45. The van der Waals surface area contributed by atoms with Crippen LogP contribution < -0.4 is 5.32 Å². The molecule has 4 rings (SSSR count). The van der Waals surface area contributed by atoms with Gasteiger partial charge in [-0.15, -0.1) is 0 Å². The second-order valence-corrected chi connectivity index (χ2v) is 8.34. The lowest BCUT2D eigenvalue weighted by Crippen LogP contribution is -2.57. The fourth-order valence-corrected chi connectivity index (χ4v) is 4.79. The quantitative estimate of drug-likeness (QED) is 0.463. The third kappa shape index (κ3) is 4.27. The number of aliphatic hydroxyl groups excluding tert-OH is 4. The Hall–Kier alpha value is -2.58. The van der Waals surface area contributed by atoms with Crippen LogP contribution in [0.25, 0.3) is 5.70 Å². The van der Waals surface area contributed by atoms with E-state index in [-0.39, 0.29) is 0 Å². The van der Waals surface area contributed by atoms with E-state index in [1.807, 2.05) is 36.4 Å². The molecular formula is C22H22N2O6S. The molecule has 0 amide bonds. The minimum absolute atomic E-state index is 0.358. The van der Waals surface area contributed by atoms with E-state index in [0.717, 1.165) is 23.0 Å². The van der Waals surface area contributed by atoms with Gasteiger partial charge in [0.15, 0.2) is 0 Å². The van der Waals surface area contributed by atoms with Crippen LogP contribution in [0.3, 0.4) is 0 Å². The molecule has 3 heterocycles. The number of hydrogen-bond donors (Lipinski definition) is 5. The number of rotatable bonds is 5. The van der Waals surface area contributed by atoms with Gasteiger partial charge in [0, 0.05) is 5.70 Å². The molecule has 31 heavy (non-hydrogen) atoms. The van der Waals surface area contributed by atoms with Gasteiger partial charge >= 0.3 is 0 Å². The molecule has 1 aromatic heterocycles. The zero-order valence-corrected chi connectivity index (χ0v) is 17.1. The first-order valence-electron chi connectivity index (χ1n) is 9.72. The van der Waals surface area contributed by atoms with Gasteiger partial charge in [-0.05, 0) is 23.8 Å². The van der Waals surface area contributed by atoms with Gasteiger partial charge in [0.2, 0.25) is 0 Å². The number of hydrogen-bond acceptors (Lipinski definition) is 9. The smallest absolute Gasteiger partial charge is 0.138 e. The van der Waals surface area contributed by atoms with Gasteiger partial charge in [0.25, 0.3) is 0 Å². The van der Waals surface area contributed by atoms with Crippen LogP contribution in [0.15, 0.2) is 69.8 Å². The Morgan fingerprint density at radius 3 is 2.45 bits per heavy atom. The molecule has 0 saturated carbocycles. The number of furan rings is 1. The predicted octanol–water partition coefficient (Wildman–Crippen LogP) is 1.28. The van der Waals surface area contributed by atoms with Crippen LogP contribution in [-0.2, 0) is 4.74 Å². The Labute approximate surface area is 183 Å². The molecule has 1 saturated heterocycles. The average molecular weight is 442 g/mol. The molecule has 6 atom stereocenters. The third-order valence-electron chi connectivity index (χ3n) is 5.27. The van der Waals surface area contributed by atoms with Crippen molar-refractivity contribution in [1.29, 1.82) is 5.26 Å². The summed E-state index contributed by atoms with van der Waals surface area (Å²) < 4.78 is 11.2. The Morgan fingerprint density at radius 1 is 1.03 bits per heavy atom. The maximum Gasteiger partial charge on any atom is 0.138 e. The van der Waals surface area contributed by atoms with Crippen LogP contribution in [0.2, 0.25) is 0 Å². The summed E-state index contributed by atoms with van der Waals surface area (Å²) in [5.41, 5.74) is 0.974. The van der Waals surface area contributed by atoms with E-state index in [4.69, 9.17) is 9.15 Å². The van der Waals surface area contributed by atoms with E-state index >= 15 is 0 Å². The van der Waals surface area contributed by atoms with Gasteiger partial charge in [-0.3, -0.25) is 0 Å². The molecule has 9 heteroatoms. The van der Waals surface area contributed by atoms with Crippen molar-refractivity contribution >= 4 is 17.5 Å². The van der Waals surface area contributed by atoms with Crippen molar-refractivity contribution in [3.05, 3.63) is 76.7 Å². The highest BCUT2D eigenvalue weighted by atomic mass is 32.2. The van der Waals surface area contributed by atoms with E-state index in [1.165, 1.54) is 6.26 Å². The molecular weight excluding hydrogens is 420 g/mol. The molecule has 162 valence electrons. The molecule has 1 unspecified atom stereocenters. The SMILES string of the molecule is N#CC1=C(S[C@@H]2O[C@H](CO)[C@@H](O)[C@H](O)[C@H]2O)NC(c2ccccc2)=CC1c1ccco1. The lowest BCUT2D eigenvalue weighted by atomic mass is 9.92. The van der Waals surface area contributed by atoms with Crippen LogP contribution in [0, 0.1) is 11.3 Å². The highest BCUT2D eigenvalue weighted by molar-refractivity contribution is 8.03. The van der Waals surface area contributed by atoms with Crippen LogP contribution in [0.5, 0.6) is 0 Å². The maximum absolute atomic E-state index is 10.4. The number of benzene rings is 1. The van der Waals surface area contributed by atoms with Gasteiger partial charge in [-0.2, -0.15) is 5.26 Å². The molecule has 0 radical (unpaired) electrons. The van der Waals surface area contributed by atoms with E-state index in [0.29, 0.717) is 16.4 Å². The van der Waals surface area contributed by atoms with Gasteiger partial charge in [-0.25, -0.2) is 0 Å². The fourth-order valence-electron chi connectivity index (χ4n) is 3.60. The van der Waals surface area contributed by atoms with Crippen molar-refractivity contribution < 1.29 is 29.6 Å². The first-order chi connectivity index (χ1) is 15.0. The summed E-state index contributed by atoms with van der Waals surface area (Å²) >= 11 is 1.02. The van der Waals surface area contributed by atoms with E-state index < -0.39 is 42.4 Å². The molecule has 2 aliphatic heterocycles. The monoisotopic (exact) mass is 442 g/mol. The molecule has 0 spiro atoms. The zero-order chi connectivity index (χ0) is 22.0. The second-order valence-electron chi connectivity index (χ2n) is 7.23. The average Bonchev–Trinajstić information content (AvgIpc) is 3.34. The second kappa shape index (κ2) is 9.28.